The van der Waals surface area contributed by atoms with Crippen LogP contribution in [-0.4, -0.2) is 41.0 Å². The number of carbonyl (C=O) groups excluding carboxylic acids is 2. The van der Waals surface area contributed by atoms with Gasteiger partial charge in [0.05, 0.1) is 6.67 Å². The van der Waals surface area contributed by atoms with E-state index in [4.69, 9.17) is 4.42 Å². The van der Waals surface area contributed by atoms with Crippen molar-refractivity contribution in [3.63, 3.8) is 0 Å². The number of furan rings is 1. The Morgan fingerprint density at radius 1 is 1.31 bits per heavy atom. The third-order valence-electron chi connectivity index (χ3n) is 5.61. The van der Waals surface area contributed by atoms with Crippen molar-refractivity contribution >= 4 is 22.9 Å². The molecule has 26 heavy (non-hydrogen) atoms. The maximum absolute atomic E-state index is 12.8. The normalized spacial score (nSPS) is 23.3. The Balaban J connectivity index is 1.52. The summed E-state index contributed by atoms with van der Waals surface area (Å²) in [5.74, 6) is 1.13. The van der Waals surface area contributed by atoms with E-state index in [1.54, 1.807) is 0 Å². The first-order valence-electron chi connectivity index (χ1n) is 9.26. The molecular formula is C20H25N3O3. The van der Waals surface area contributed by atoms with Crippen LogP contribution >= 0.6 is 0 Å². The molecule has 1 aromatic heterocycles. The van der Waals surface area contributed by atoms with Gasteiger partial charge in [0.2, 0.25) is 0 Å². The third-order valence-corrected chi connectivity index (χ3v) is 5.61. The zero-order chi connectivity index (χ0) is 18.5. The molecule has 1 atom stereocenters. The topological polar surface area (TPSA) is 65.8 Å². The van der Waals surface area contributed by atoms with Crippen LogP contribution in [-0.2, 0) is 17.8 Å². The number of nitrogens with one attached hydrogen (secondary N) is 1. The number of hydrogen-bond donors (Lipinski definition) is 1. The molecular weight excluding hydrogens is 330 g/mol. The Hall–Kier alpha value is -2.34. The molecule has 1 saturated heterocycles. The number of benzene rings is 1. The number of para-hydroxylation sites is 1. The summed E-state index contributed by atoms with van der Waals surface area (Å²) < 4.78 is 5.95. The van der Waals surface area contributed by atoms with Crippen LogP contribution in [0.1, 0.15) is 38.0 Å². The Morgan fingerprint density at radius 3 is 2.73 bits per heavy atom. The number of aryl methyl sites for hydroxylation is 1. The minimum absolute atomic E-state index is 0.107. The number of imide groups is 1. The molecule has 1 unspecified atom stereocenters. The second-order valence-corrected chi connectivity index (χ2v) is 7.65. The summed E-state index contributed by atoms with van der Waals surface area (Å²) in [6, 6.07) is 7.70. The van der Waals surface area contributed by atoms with Gasteiger partial charge in [-0.25, -0.2) is 9.69 Å². The highest BCUT2D eigenvalue weighted by atomic mass is 16.3. The van der Waals surface area contributed by atoms with Crippen LogP contribution < -0.4 is 5.32 Å². The fraction of sp³-hybridized carbons (Fsp3) is 0.500. The first-order chi connectivity index (χ1) is 12.4. The van der Waals surface area contributed by atoms with Crippen molar-refractivity contribution in [3.8, 4) is 0 Å². The molecule has 1 aromatic carbocycles. The molecule has 0 radical (unpaired) electrons. The van der Waals surface area contributed by atoms with Gasteiger partial charge in [0, 0.05) is 23.9 Å². The lowest BCUT2D eigenvalue weighted by molar-refractivity contribution is -0.132. The monoisotopic (exact) mass is 355 g/mol. The summed E-state index contributed by atoms with van der Waals surface area (Å²) in [4.78, 5) is 28.5. The zero-order valence-electron chi connectivity index (χ0n) is 15.5. The van der Waals surface area contributed by atoms with Crippen LogP contribution in [0.5, 0.6) is 0 Å². The Bertz CT molecular complexity index is 870. The number of rotatable bonds is 6. The van der Waals surface area contributed by atoms with Gasteiger partial charge >= 0.3 is 6.03 Å². The largest absolute Gasteiger partial charge is 0.461 e. The quantitative estimate of drug-likeness (QED) is 0.809. The molecule has 6 heteroatoms. The van der Waals surface area contributed by atoms with E-state index >= 15 is 0 Å². The molecule has 0 bridgehead atoms. The standard InChI is InChI=1S/C20H25N3O3/c1-4-16-15(14-7-5-6-8-17(14)26-16)11-22(3)12-23-18(24)20(2,13-9-10-13)21-19(23)25/h5-8,13H,4,9-12H2,1-3H3,(H,21,25). The highest BCUT2D eigenvalue weighted by molar-refractivity contribution is 6.07. The van der Waals surface area contributed by atoms with Gasteiger partial charge in [-0.15, -0.1) is 0 Å². The number of carbonyl (C=O) groups is 2. The lowest BCUT2D eigenvalue weighted by atomic mass is 9.96. The van der Waals surface area contributed by atoms with E-state index in [1.807, 2.05) is 37.1 Å². The van der Waals surface area contributed by atoms with E-state index in [1.165, 1.54) is 4.90 Å². The number of urea groups is 1. The molecule has 2 aliphatic rings. The maximum atomic E-state index is 12.8. The number of fused-ring (bicyclic) bond motifs is 1. The molecule has 3 amide bonds. The second kappa shape index (κ2) is 6.13. The second-order valence-electron chi connectivity index (χ2n) is 7.65. The summed E-state index contributed by atoms with van der Waals surface area (Å²) in [5.41, 5.74) is 1.28. The Labute approximate surface area is 153 Å². The summed E-state index contributed by atoms with van der Waals surface area (Å²) in [6.45, 7) is 4.82. The van der Waals surface area contributed by atoms with Crippen molar-refractivity contribution < 1.29 is 14.0 Å². The van der Waals surface area contributed by atoms with E-state index < -0.39 is 5.54 Å². The van der Waals surface area contributed by atoms with Crippen LogP contribution in [0.4, 0.5) is 4.79 Å². The smallest absolute Gasteiger partial charge is 0.326 e. The first kappa shape index (κ1) is 17.1. The first-order valence-corrected chi connectivity index (χ1v) is 9.26. The maximum Gasteiger partial charge on any atom is 0.326 e. The van der Waals surface area contributed by atoms with Crippen molar-refractivity contribution in [2.24, 2.45) is 5.92 Å². The molecule has 0 spiro atoms. The van der Waals surface area contributed by atoms with Crippen LogP contribution in [0.2, 0.25) is 0 Å². The number of hydrogen-bond acceptors (Lipinski definition) is 4. The fourth-order valence-corrected chi connectivity index (χ4v) is 3.95. The molecule has 1 aliphatic carbocycles. The molecule has 138 valence electrons. The van der Waals surface area contributed by atoms with Crippen LogP contribution in [0.15, 0.2) is 28.7 Å². The van der Waals surface area contributed by atoms with Crippen molar-refractivity contribution in [1.29, 1.82) is 0 Å². The molecule has 6 nitrogen and oxygen atoms in total. The molecule has 4 rings (SSSR count). The molecule has 2 aromatic rings. The van der Waals surface area contributed by atoms with Gasteiger partial charge in [-0.05, 0) is 38.8 Å². The van der Waals surface area contributed by atoms with Crippen molar-refractivity contribution in [2.75, 3.05) is 13.7 Å². The van der Waals surface area contributed by atoms with Crippen LogP contribution in [0.3, 0.4) is 0 Å². The summed E-state index contributed by atoms with van der Waals surface area (Å²) in [6.07, 6.45) is 2.82. The predicted octanol–water partition coefficient (Wildman–Crippen LogP) is 3.11. The predicted molar refractivity (Wildman–Crippen MR) is 98.4 cm³/mol. The van der Waals surface area contributed by atoms with Gasteiger partial charge in [-0.1, -0.05) is 25.1 Å². The highest BCUT2D eigenvalue weighted by Gasteiger charge is 2.56. The van der Waals surface area contributed by atoms with Gasteiger partial charge < -0.3 is 9.73 Å². The molecule has 1 aliphatic heterocycles. The average molecular weight is 355 g/mol. The van der Waals surface area contributed by atoms with Gasteiger partial charge in [0.25, 0.3) is 5.91 Å². The summed E-state index contributed by atoms with van der Waals surface area (Å²) in [7, 11) is 1.93. The third kappa shape index (κ3) is 2.69. The average Bonchev–Trinajstić information content (AvgIpc) is 3.39. The molecule has 1 saturated carbocycles. The van der Waals surface area contributed by atoms with Crippen molar-refractivity contribution in [2.45, 2.75) is 45.2 Å². The van der Waals surface area contributed by atoms with Crippen molar-refractivity contribution in [3.05, 3.63) is 35.6 Å². The Kier molecular flexibility index (Phi) is 4.03. The molecule has 2 fully saturated rings. The van der Waals surface area contributed by atoms with Crippen LogP contribution in [0, 0.1) is 5.92 Å². The lowest BCUT2D eigenvalue weighted by Gasteiger charge is -2.24. The molecule has 2 heterocycles. The molecule has 1 N–H and O–H groups in total. The van der Waals surface area contributed by atoms with E-state index in [9.17, 15) is 9.59 Å². The minimum atomic E-state index is -0.727. The van der Waals surface area contributed by atoms with Crippen molar-refractivity contribution in [1.82, 2.24) is 15.1 Å². The zero-order valence-corrected chi connectivity index (χ0v) is 15.5. The van der Waals surface area contributed by atoms with Gasteiger partial charge in [-0.2, -0.15) is 0 Å². The van der Waals surface area contributed by atoms with E-state index in [-0.39, 0.29) is 24.5 Å². The number of nitrogens with zero attached hydrogens (tertiary/aromatic N) is 2. The lowest BCUT2D eigenvalue weighted by Crippen LogP contribution is -2.46. The minimum Gasteiger partial charge on any atom is -0.461 e. The van der Waals surface area contributed by atoms with E-state index in [2.05, 4.69) is 18.3 Å². The Morgan fingerprint density at radius 2 is 2.04 bits per heavy atom. The van der Waals surface area contributed by atoms with Gasteiger partial charge in [-0.3, -0.25) is 9.69 Å². The van der Waals surface area contributed by atoms with Crippen LogP contribution in [0.25, 0.3) is 11.0 Å². The summed E-state index contributed by atoms with van der Waals surface area (Å²) >= 11 is 0. The van der Waals surface area contributed by atoms with E-state index in [0.29, 0.717) is 6.54 Å². The number of amides is 3. The van der Waals surface area contributed by atoms with E-state index in [0.717, 1.165) is 41.6 Å². The SMILES string of the molecule is CCc1oc2ccccc2c1CN(C)CN1C(=O)NC(C)(C2CC2)C1=O. The van der Waals surface area contributed by atoms with Gasteiger partial charge in [0.1, 0.15) is 16.9 Å². The summed E-state index contributed by atoms with van der Waals surface area (Å²) in [5, 5.41) is 3.99. The van der Waals surface area contributed by atoms with Gasteiger partial charge in [0.15, 0.2) is 0 Å². The highest BCUT2D eigenvalue weighted by Crippen LogP contribution is 2.42. The fourth-order valence-electron chi connectivity index (χ4n) is 3.95.